The van der Waals surface area contributed by atoms with E-state index in [-0.39, 0.29) is 24.1 Å². The molecule has 178 valence electrons. The average Bonchev–Trinajstić information content (AvgIpc) is 3.05. The van der Waals surface area contributed by atoms with Crippen molar-refractivity contribution in [3.63, 3.8) is 0 Å². The van der Waals surface area contributed by atoms with E-state index in [1.807, 2.05) is 61.5 Å². The van der Waals surface area contributed by atoms with Gasteiger partial charge in [0.15, 0.2) is 5.11 Å². The predicted octanol–water partition coefficient (Wildman–Crippen LogP) is 4.48. The normalized spacial score (nSPS) is 15.3. The Morgan fingerprint density at radius 3 is 2.09 bits per heavy atom. The summed E-state index contributed by atoms with van der Waals surface area (Å²) in [5.74, 6) is -0.693. The number of aryl methyl sites for hydroxylation is 1. The Kier molecular flexibility index (Phi) is 7.22. The van der Waals surface area contributed by atoms with Crippen LogP contribution in [0.2, 0.25) is 0 Å². The van der Waals surface area contributed by atoms with E-state index in [1.165, 1.54) is 6.92 Å². The first kappa shape index (κ1) is 24.1. The highest BCUT2D eigenvalue weighted by Gasteiger charge is 2.44. The molecule has 4 rings (SSSR count). The molecule has 8 heteroatoms. The first-order valence-electron chi connectivity index (χ1n) is 11.2. The second kappa shape index (κ2) is 10.5. The van der Waals surface area contributed by atoms with Crippen LogP contribution in [0.5, 0.6) is 0 Å². The Bertz CT molecular complexity index is 1240. The third kappa shape index (κ3) is 5.73. The van der Waals surface area contributed by atoms with Crippen molar-refractivity contribution in [1.82, 2.24) is 4.90 Å². The fourth-order valence-corrected chi connectivity index (χ4v) is 4.35. The SMILES string of the molecule is CC(=O)Nc1ccc(NC(=O)CC2C(=O)N(Cc3ccccc3)C(=S)N2c2ccc(C)cc2)cc1. The van der Waals surface area contributed by atoms with Gasteiger partial charge in [-0.15, -0.1) is 0 Å². The number of rotatable bonds is 7. The van der Waals surface area contributed by atoms with Crippen LogP contribution in [0.3, 0.4) is 0 Å². The molecule has 1 fully saturated rings. The summed E-state index contributed by atoms with van der Waals surface area (Å²) in [6.07, 6.45) is -0.0639. The van der Waals surface area contributed by atoms with Crippen molar-refractivity contribution in [3.8, 4) is 0 Å². The van der Waals surface area contributed by atoms with Crippen molar-refractivity contribution in [2.75, 3.05) is 15.5 Å². The van der Waals surface area contributed by atoms with E-state index >= 15 is 0 Å². The van der Waals surface area contributed by atoms with Crippen LogP contribution < -0.4 is 15.5 Å². The van der Waals surface area contributed by atoms with Gasteiger partial charge in [0.05, 0.1) is 13.0 Å². The number of nitrogens with zero attached hydrogens (tertiary/aromatic N) is 2. The fraction of sp³-hybridized carbons (Fsp3) is 0.185. The van der Waals surface area contributed by atoms with Crippen molar-refractivity contribution in [1.29, 1.82) is 0 Å². The number of hydrogen-bond acceptors (Lipinski definition) is 4. The Morgan fingerprint density at radius 2 is 1.49 bits per heavy atom. The molecule has 1 atom stereocenters. The standard InChI is InChI=1S/C27H26N4O3S/c1-18-8-14-23(15-9-18)31-24(26(34)30(27(31)35)17-20-6-4-3-5-7-20)16-25(33)29-22-12-10-21(11-13-22)28-19(2)32/h3-15,24H,16-17H2,1-2H3,(H,28,32)(H,29,33). The minimum absolute atomic E-state index is 0.0639. The smallest absolute Gasteiger partial charge is 0.252 e. The van der Waals surface area contributed by atoms with Crippen LogP contribution in [0.15, 0.2) is 78.9 Å². The van der Waals surface area contributed by atoms with Gasteiger partial charge in [0.25, 0.3) is 5.91 Å². The van der Waals surface area contributed by atoms with E-state index in [0.717, 1.165) is 16.8 Å². The lowest BCUT2D eigenvalue weighted by Crippen LogP contribution is -2.38. The van der Waals surface area contributed by atoms with Gasteiger partial charge in [-0.3, -0.25) is 19.3 Å². The molecular formula is C27H26N4O3S. The van der Waals surface area contributed by atoms with Gasteiger partial charge in [0.2, 0.25) is 11.8 Å². The molecule has 1 unspecified atom stereocenters. The molecule has 1 aliphatic heterocycles. The molecule has 3 amide bonds. The van der Waals surface area contributed by atoms with Crippen LogP contribution in [0.1, 0.15) is 24.5 Å². The van der Waals surface area contributed by atoms with Crippen LogP contribution in [0.25, 0.3) is 0 Å². The van der Waals surface area contributed by atoms with Crippen LogP contribution in [0, 0.1) is 6.92 Å². The lowest BCUT2D eigenvalue weighted by Gasteiger charge is -2.24. The van der Waals surface area contributed by atoms with Crippen molar-refractivity contribution in [3.05, 3.63) is 90.0 Å². The Balaban J connectivity index is 1.54. The molecular weight excluding hydrogens is 460 g/mol. The number of anilines is 3. The van der Waals surface area contributed by atoms with Gasteiger partial charge in [0, 0.05) is 24.0 Å². The summed E-state index contributed by atoms with van der Waals surface area (Å²) in [5, 5.41) is 5.90. The zero-order valence-electron chi connectivity index (χ0n) is 19.5. The third-order valence-electron chi connectivity index (χ3n) is 5.66. The minimum atomic E-state index is -0.757. The lowest BCUT2D eigenvalue weighted by molar-refractivity contribution is -0.129. The highest BCUT2D eigenvalue weighted by atomic mass is 32.1. The maximum Gasteiger partial charge on any atom is 0.252 e. The van der Waals surface area contributed by atoms with E-state index in [2.05, 4.69) is 10.6 Å². The number of nitrogens with one attached hydrogen (secondary N) is 2. The number of amides is 3. The Labute approximate surface area is 209 Å². The lowest BCUT2D eigenvalue weighted by atomic mass is 10.1. The zero-order chi connectivity index (χ0) is 24.9. The van der Waals surface area contributed by atoms with Crippen molar-refractivity contribution < 1.29 is 14.4 Å². The number of hydrogen-bond donors (Lipinski definition) is 2. The summed E-state index contributed by atoms with van der Waals surface area (Å²) in [6.45, 7) is 3.75. The molecule has 0 aromatic heterocycles. The molecule has 0 saturated carbocycles. The number of carbonyl (C=O) groups excluding carboxylic acids is 3. The molecule has 0 spiro atoms. The van der Waals surface area contributed by atoms with Crippen LogP contribution in [0.4, 0.5) is 17.1 Å². The number of thiocarbonyl (C=S) groups is 1. The molecule has 1 aliphatic rings. The summed E-state index contributed by atoms with van der Waals surface area (Å²) in [5.41, 5.74) is 4.01. The maximum atomic E-state index is 13.5. The summed E-state index contributed by atoms with van der Waals surface area (Å²) < 4.78 is 0. The second-order valence-corrected chi connectivity index (χ2v) is 8.79. The molecule has 1 heterocycles. The average molecular weight is 487 g/mol. The molecule has 3 aromatic carbocycles. The van der Waals surface area contributed by atoms with E-state index < -0.39 is 6.04 Å². The van der Waals surface area contributed by atoms with Crippen LogP contribution in [-0.2, 0) is 20.9 Å². The van der Waals surface area contributed by atoms with Gasteiger partial charge in [-0.05, 0) is 61.1 Å². The van der Waals surface area contributed by atoms with Gasteiger partial charge >= 0.3 is 0 Å². The molecule has 0 aliphatic carbocycles. The molecule has 2 N–H and O–H groups in total. The highest BCUT2D eigenvalue weighted by Crippen LogP contribution is 2.30. The van der Waals surface area contributed by atoms with E-state index in [1.54, 1.807) is 34.1 Å². The predicted molar refractivity (Wildman–Crippen MR) is 141 cm³/mol. The van der Waals surface area contributed by atoms with Crippen LogP contribution >= 0.6 is 12.2 Å². The summed E-state index contributed by atoms with van der Waals surface area (Å²) in [7, 11) is 0. The number of benzene rings is 3. The minimum Gasteiger partial charge on any atom is -0.326 e. The van der Waals surface area contributed by atoms with Gasteiger partial charge in [-0.2, -0.15) is 0 Å². The molecule has 3 aromatic rings. The Morgan fingerprint density at radius 1 is 0.886 bits per heavy atom. The van der Waals surface area contributed by atoms with E-state index in [4.69, 9.17) is 12.2 Å². The first-order chi connectivity index (χ1) is 16.8. The monoisotopic (exact) mass is 486 g/mol. The number of carbonyl (C=O) groups is 3. The summed E-state index contributed by atoms with van der Waals surface area (Å²) >= 11 is 5.73. The van der Waals surface area contributed by atoms with E-state index in [9.17, 15) is 14.4 Å². The Hall–Kier alpha value is -4.04. The maximum absolute atomic E-state index is 13.5. The first-order valence-corrected chi connectivity index (χ1v) is 11.7. The van der Waals surface area contributed by atoms with Crippen molar-refractivity contribution in [2.45, 2.75) is 32.9 Å². The zero-order valence-corrected chi connectivity index (χ0v) is 20.3. The van der Waals surface area contributed by atoms with Gasteiger partial charge in [-0.25, -0.2) is 0 Å². The third-order valence-corrected chi connectivity index (χ3v) is 6.08. The summed E-state index contributed by atoms with van der Waals surface area (Å²) in [4.78, 5) is 41.0. The fourth-order valence-electron chi connectivity index (χ4n) is 3.96. The molecule has 1 saturated heterocycles. The van der Waals surface area contributed by atoms with Crippen molar-refractivity contribution >= 4 is 52.1 Å². The second-order valence-electron chi connectivity index (χ2n) is 8.42. The quantitative estimate of drug-likeness (QED) is 0.481. The highest BCUT2D eigenvalue weighted by molar-refractivity contribution is 7.80. The molecule has 0 radical (unpaired) electrons. The van der Waals surface area contributed by atoms with Gasteiger partial charge < -0.3 is 15.5 Å². The molecule has 0 bridgehead atoms. The summed E-state index contributed by atoms with van der Waals surface area (Å²) in [6, 6.07) is 23.4. The van der Waals surface area contributed by atoms with Gasteiger partial charge in [-0.1, -0.05) is 48.0 Å². The topological polar surface area (TPSA) is 81.8 Å². The largest absolute Gasteiger partial charge is 0.326 e. The van der Waals surface area contributed by atoms with Crippen molar-refractivity contribution in [2.24, 2.45) is 0 Å². The van der Waals surface area contributed by atoms with Crippen LogP contribution in [-0.4, -0.2) is 33.8 Å². The van der Waals surface area contributed by atoms with E-state index in [0.29, 0.717) is 23.0 Å². The molecule has 7 nitrogen and oxygen atoms in total. The van der Waals surface area contributed by atoms with Gasteiger partial charge in [0.1, 0.15) is 6.04 Å². The molecule has 35 heavy (non-hydrogen) atoms.